The van der Waals surface area contributed by atoms with Crippen LogP contribution in [0.5, 0.6) is 0 Å². The van der Waals surface area contributed by atoms with Gasteiger partial charge in [0.15, 0.2) is 0 Å². The van der Waals surface area contributed by atoms with E-state index in [4.69, 9.17) is 0 Å². The molecule has 2 aliphatic rings. The molecule has 0 bridgehead atoms. The van der Waals surface area contributed by atoms with Crippen LogP contribution in [0.15, 0.2) is 12.2 Å². The molecule has 2 saturated carbocycles. The summed E-state index contributed by atoms with van der Waals surface area (Å²) in [5.41, 5.74) is 0. The van der Waals surface area contributed by atoms with Gasteiger partial charge in [-0.2, -0.15) is 0 Å². The fraction of sp³-hybridized carbons (Fsp3) is 0.889. The summed E-state index contributed by atoms with van der Waals surface area (Å²) >= 11 is 0. The molecule has 0 aromatic heterocycles. The molecule has 2 fully saturated rings. The predicted octanol–water partition coefficient (Wildman–Crippen LogP) is 4.74. The van der Waals surface area contributed by atoms with E-state index in [2.05, 4.69) is 37.8 Å². The number of rotatable bonds is 5. The largest absolute Gasteiger partial charge is 0.300 e. The molecule has 1 nitrogen and oxygen atoms in total. The predicted molar refractivity (Wildman–Crippen MR) is 84.3 cm³/mol. The van der Waals surface area contributed by atoms with Gasteiger partial charge in [-0.05, 0) is 68.9 Å². The van der Waals surface area contributed by atoms with E-state index in [1.165, 1.54) is 51.6 Å². The first-order chi connectivity index (χ1) is 9.22. The third-order valence-corrected chi connectivity index (χ3v) is 5.58. The molecule has 0 N–H and O–H groups in total. The van der Waals surface area contributed by atoms with Gasteiger partial charge in [0.1, 0.15) is 0 Å². The van der Waals surface area contributed by atoms with Crippen molar-refractivity contribution in [3.8, 4) is 0 Å². The maximum Gasteiger partial charge on any atom is 0.0163 e. The molecule has 1 heteroatoms. The second-order valence-corrected chi connectivity index (χ2v) is 6.93. The zero-order valence-corrected chi connectivity index (χ0v) is 13.3. The number of allylic oxidation sites excluding steroid dienone is 1. The van der Waals surface area contributed by atoms with Gasteiger partial charge in [0.25, 0.3) is 0 Å². The van der Waals surface area contributed by atoms with E-state index in [1.54, 1.807) is 0 Å². The summed E-state index contributed by atoms with van der Waals surface area (Å²) in [6.07, 6.45) is 13.9. The van der Waals surface area contributed by atoms with Crippen molar-refractivity contribution in [3.63, 3.8) is 0 Å². The van der Waals surface area contributed by atoms with Gasteiger partial charge in [-0.25, -0.2) is 0 Å². The van der Waals surface area contributed by atoms with Crippen LogP contribution >= 0.6 is 0 Å². The minimum atomic E-state index is 0.880. The normalized spacial score (nSPS) is 35.8. The van der Waals surface area contributed by atoms with Gasteiger partial charge in [0, 0.05) is 6.54 Å². The van der Waals surface area contributed by atoms with Crippen molar-refractivity contribution in [2.24, 2.45) is 23.7 Å². The first-order valence-electron chi connectivity index (χ1n) is 8.61. The van der Waals surface area contributed by atoms with Gasteiger partial charge in [-0.15, -0.1) is 0 Å². The molecule has 0 heterocycles. The van der Waals surface area contributed by atoms with Gasteiger partial charge in [-0.1, -0.05) is 39.3 Å². The van der Waals surface area contributed by atoms with Crippen molar-refractivity contribution in [3.05, 3.63) is 12.2 Å². The van der Waals surface area contributed by atoms with Crippen LogP contribution in [-0.4, -0.2) is 24.5 Å². The van der Waals surface area contributed by atoms with Crippen molar-refractivity contribution in [1.82, 2.24) is 4.90 Å². The maximum absolute atomic E-state index is 2.53. The smallest absolute Gasteiger partial charge is 0.0163 e. The second kappa shape index (κ2) is 7.47. The Balaban J connectivity index is 1.76. The van der Waals surface area contributed by atoms with E-state index >= 15 is 0 Å². The molecule has 0 aliphatic heterocycles. The summed E-state index contributed by atoms with van der Waals surface area (Å²) in [6.45, 7) is 10.5. The molecule has 0 aromatic carbocycles. The lowest BCUT2D eigenvalue weighted by Gasteiger charge is -2.40. The fourth-order valence-electron chi connectivity index (χ4n) is 4.22. The van der Waals surface area contributed by atoms with Gasteiger partial charge in [0.2, 0.25) is 0 Å². The van der Waals surface area contributed by atoms with Crippen LogP contribution in [-0.2, 0) is 0 Å². The van der Waals surface area contributed by atoms with Crippen LogP contribution in [0.4, 0.5) is 0 Å². The topological polar surface area (TPSA) is 3.24 Å². The number of nitrogens with zero attached hydrogens (tertiary/aromatic N) is 1. The van der Waals surface area contributed by atoms with Gasteiger partial charge in [0.05, 0.1) is 0 Å². The van der Waals surface area contributed by atoms with Crippen molar-refractivity contribution < 1.29 is 0 Å². The molecule has 110 valence electrons. The number of fused-ring (bicyclic) bond motifs is 1. The Morgan fingerprint density at radius 1 is 0.947 bits per heavy atom. The SMILES string of the molecule is CCN(CC)CC=CC1CCC2CC(C)CCC2C1. The van der Waals surface area contributed by atoms with Crippen LogP contribution < -0.4 is 0 Å². The Labute approximate surface area is 120 Å². The van der Waals surface area contributed by atoms with Gasteiger partial charge >= 0.3 is 0 Å². The first-order valence-corrected chi connectivity index (χ1v) is 8.61. The van der Waals surface area contributed by atoms with Crippen LogP contribution in [0.1, 0.15) is 59.3 Å². The number of hydrogen-bond donors (Lipinski definition) is 0. The Kier molecular flexibility index (Phi) is 5.94. The lowest BCUT2D eigenvalue weighted by atomic mass is 9.65. The van der Waals surface area contributed by atoms with E-state index < -0.39 is 0 Å². The summed E-state index contributed by atoms with van der Waals surface area (Å²) in [5.74, 6) is 3.99. The molecule has 4 atom stereocenters. The molecule has 0 saturated heterocycles. The number of hydrogen-bond acceptors (Lipinski definition) is 1. The standard InChI is InChI=1S/C18H33N/c1-4-19(5-2)12-6-7-16-9-11-17-13-15(3)8-10-18(17)14-16/h6-7,15-18H,4-5,8-14H2,1-3H3. The summed E-state index contributed by atoms with van der Waals surface area (Å²) in [6, 6.07) is 0. The maximum atomic E-state index is 2.53. The zero-order valence-electron chi connectivity index (χ0n) is 13.3. The molecule has 2 rings (SSSR count). The summed E-state index contributed by atoms with van der Waals surface area (Å²) in [7, 11) is 0. The molecule has 0 spiro atoms. The average Bonchev–Trinajstić information content (AvgIpc) is 2.43. The van der Waals surface area contributed by atoms with E-state index in [9.17, 15) is 0 Å². The second-order valence-electron chi connectivity index (χ2n) is 6.93. The monoisotopic (exact) mass is 263 g/mol. The Hall–Kier alpha value is -0.300. The molecule has 2 aliphatic carbocycles. The summed E-state index contributed by atoms with van der Waals surface area (Å²) in [5, 5.41) is 0. The molecular formula is C18H33N. The van der Waals surface area contributed by atoms with E-state index in [-0.39, 0.29) is 0 Å². The highest BCUT2D eigenvalue weighted by atomic mass is 15.1. The van der Waals surface area contributed by atoms with Crippen molar-refractivity contribution in [2.45, 2.75) is 59.3 Å². The molecule has 0 radical (unpaired) electrons. The van der Waals surface area contributed by atoms with Crippen LogP contribution in [0, 0.1) is 23.7 Å². The molecule has 0 aromatic rings. The zero-order chi connectivity index (χ0) is 13.7. The lowest BCUT2D eigenvalue weighted by molar-refractivity contribution is 0.117. The highest BCUT2D eigenvalue weighted by Gasteiger charge is 2.33. The molecule has 19 heavy (non-hydrogen) atoms. The third-order valence-electron chi connectivity index (χ3n) is 5.58. The summed E-state index contributed by atoms with van der Waals surface area (Å²) < 4.78 is 0. The van der Waals surface area contributed by atoms with Crippen molar-refractivity contribution >= 4 is 0 Å². The average molecular weight is 263 g/mol. The van der Waals surface area contributed by atoms with Crippen LogP contribution in [0.2, 0.25) is 0 Å². The molecule has 4 unspecified atom stereocenters. The van der Waals surface area contributed by atoms with Gasteiger partial charge in [-0.3, -0.25) is 0 Å². The number of likely N-dealkylation sites (N-methyl/N-ethyl adjacent to an activating group) is 1. The third kappa shape index (κ3) is 4.34. The van der Waals surface area contributed by atoms with Crippen LogP contribution in [0.25, 0.3) is 0 Å². The van der Waals surface area contributed by atoms with Crippen molar-refractivity contribution in [2.75, 3.05) is 19.6 Å². The minimum absolute atomic E-state index is 0.880. The summed E-state index contributed by atoms with van der Waals surface area (Å²) in [4.78, 5) is 2.49. The Morgan fingerprint density at radius 3 is 2.37 bits per heavy atom. The van der Waals surface area contributed by atoms with Gasteiger partial charge < -0.3 is 4.90 Å². The Bertz CT molecular complexity index is 279. The highest BCUT2D eigenvalue weighted by Crippen LogP contribution is 2.44. The Morgan fingerprint density at radius 2 is 1.63 bits per heavy atom. The van der Waals surface area contributed by atoms with E-state index in [0.29, 0.717) is 0 Å². The first kappa shape index (κ1) is 15.1. The quantitative estimate of drug-likeness (QED) is 0.648. The molecule has 0 amide bonds. The van der Waals surface area contributed by atoms with Crippen LogP contribution in [0.3, 0.4) is 0 Å². The highest BCUT2D eigenvalue weighted by molar-refractivity contribution is 4.96. The molecular weight excluding hydrogens is 230 g/mol. The van der Waals surface area contributed by atoms with E-state index in [0.717, 1.165) is 30.2 Å². The minimum Gasteiger partial charge on any atom is -0.300 e. The van der Waals surface area contributed by atoms with E-state index in [1.807, 2.05) is 0 Å². The van der Waals surface area contributed by atoms with Crippen molar-refractivity contribution in [1.29, 1.82) is 0 Å². The lowest BCUT2D eigenvalue weighted by Crippen LogP contribution is -2.30. The fourth-order valence-corrected chi connectivity index (χ4v) is 4.22.